The minimum atomic E-state index is -0.230. The third-order valence-electron chi connectivity index (χ3n) is 3.99. The number of amides is 1. The van der Waals surface area contributed by atoms with Crippen LogP contribution in [-0.2, 0) is 6.54 Å². The normalized spacial score (nSPS) is 10.7. The van der Waals surface area contributed by atoms with Crippen molar-refractivity contribution >= 4 is 44.2 Å². The summed E-state index contributed by atoms with van der Waals surface area (Å²) in [5.41, 5.74) is 1.62. The summed E-state index contributed by atoms with van der Waals surface area (Å²) in [5, 5.41) is 10.0. The molecule has 0 radical (unpaired) electrons. The van der Waals surface area contributed by atoms with E-state index in [-0.39, 0.29) is 12.5 Å². The zero-order valence-corrected chi connectivity index (χ0v) is 15.5. The van der Waals surface area contributed by atoms with Crippen molar-refractivity contribution in [2.45, 2.75) is 6.54 Å². The highest BCUT2D eigenvalue weighted by Gasteiger charge is 2.23. The van der Waals surface area contributed by atoms with Crippen LogP contribution in [0.3, 0.4) is 0 Å². The van der Waals surface area contributed by atoms with E-state index >= 15 is 0 Å². The summed E-state index contributed by atoms with van der Waals surface area (Å²) in [4.78, 5) is 19.3. The van der Waals surface area contributed by atoms with Gasteiger partial charge in [0.25, 0.3) is 5.91 Å². The van der Waals surface area contributed by atoms with Gasteiger partial charge in [-0.15, -0.1) is 0 Å². The lowest BCUT2D eigenvalue weighted by atomic mass is 10.1. The standard InChI is InChI=1S/C20H12ClN3O2S/c21-16-4-1-5-17-18(16)23-20(27-17)24(12-15-3-2-10-26-15)19(25)14-8-6-13(11-22)7-9-14/h1-10H,12H2. The molecule has 0 aliphatic carbocycles. The van der Waals surface area contributed by atoms with Crippen molar-refractivity contribution in [3.63, 3.8) is 0 Å². The largest absolute Gasteiger partial charge is 0.467 e. The van der Waals surface area contributed by atoms with E-state index in [1.54, 1.807) is 53.6 Å². The number of nitrogens with zero attached hydrogens (tertiary/aromatic N) is 3. The number of anilines is 1. The van der Waals surface area contributed by atoms with Crippen molar-refractivity contribution in [2.24, 2.45) is 0 Å². The fraction of sp³-hybridized carbons (Fsp3) is 0.0500. The summed E-state index contributed by atoms with van der Waals surface area (Å²) >= 11 is 7.63. The number of thiazole rings is 1. The van der Waals surface area contributed by atoms with Crippen LogP contribution in [0, 0.1) is 11.3 Å². The van der Waals surface area contributed by atoms with Gasteiger partial charge in [0.15, 0.2) is 5.13 Å². The molecule has 2 aromatic heterocycles. The zero-order valence-electron chi connectivity index (χ0n) is 13.9. The topological polar surface area (TPSA) is 70.1 Å². The quantitative estimate of drug-likeness (QED) is 0.474. The first-order chi connectivity index (χ1) is 13.2. The van der Waals surface area contributed by atoms with E-state index in [2.05, 4.69) is 4.98 Å². The average Bonchev–Trinajstić information content (AvgIpc) is 3.36. The number of carbonyl (C=O) groups excluding carboxylic acids is 1. The molecule has 2 heterocycles. The Kier molecular flexibility index (Phi) is 4.63. The van der Waals surface area contributed by atoms with Gasteiger partial charge in [-0.25, -0.2) is 4.98 Å². The smallest absolute Gasteiger partial charge is 0.260 e. The van der Waals surface area contributed by atoms with Crippen LogP contribution in [0.5, 0.6) is 0 Å². The molecule has 0 saturated carbocycles. The van der Waals surface area contributed by atoms with Gasteiger partial charge in [0.2, 0.25) is 0 Å². The molecule has 0 spiro atoms. The first kappa shape index (κ1) is 17.3. The maximum atomic E-state index is 13.2. The molecule has 0 fully saturated rings. The molecule has 0 N–H and O–H groups in total. The van der Waals surface area contributed by atoms with Crippen LogP contribution < -0.4 is 4.90 Å². The van der Waals surface area contributed by atoms with E-state index in [1.165, 1.54) is 11.3 Å². The summed E-state index contributed by atoms with van der Waals surface area (Å²) in [5.74, 6) is 0.411. The number of fused-ring (bicyclic) bond motifs is 1. The van der Waals surface area contributed by atoms with Crippen LogP contribution in [0.25, 0.3) is 10.2 Å². The SMILES string of the molecule is N#Cc1ccc(C(=O)N(Cc2ccco2)c2nc3c(Cl)cccc3s2)cc1. The summed E-state index contributed by atoms with van der Waals surface area (Å²) in [6.45, 7) is 0.239. The third-order valence-corrected chi connectivity index (χ3v) is 5.34. The van der Waals surface area contributed by atoms with Crippen LogP contribution in [0.4, 0.5) is 5.13 Å². The van der Waals surface area contributed by atoms with E-state index < -0.39 is 0 Å². The Balaban J connectivity index is 1.76. The molecule has 4 aromatic rings. The molecule has 0 saturated heterocycles. The fourth-order valence-corrected chi connectivity index (χ4v) is 3.91. The molecule has 0 aliphatic rings. The van der Waals surface area contributed by atoms with Crippen LogP contribution in [0.15, 0.2) is 65.3 Å². The second-order valence-corrected chi connectivity index (χ2v) is 7.16. The van der Waals surface area contributed by atoms with Gasteiger partial charge >= 0.3 is 0 Å². The molecule has 0 atom stereocenters. The molecule has 0 bridgehead atoms. The molecule has 0 aliphatic heterocycles. The number of nitriles is 1. The van der Waals surface area contributed by atoms with E-state index in [9.17, 15) is 4.79 Å². The van der Waals surface area contributed by atoms with Gasteiger partial charge in [-0.1, -0.05) is 29.0 Å². The number of halogens is 1. The Hall–Kier alpha value is -3.14. The number of hydrogen-bond donors (Lipinski definition) is 0. The summed E-state index contributed by atoms with van der Waals surface area (Å²) < 4.78 is 6.32. The number of hydrogen-bond acceptors (Lipinski definition) is 5. The van der Waals surface area contributed by atoms with Gasteiger partial charge in [0.1, 0.15) is 11.3 Å². The highest BCUT2D eigenvalue weighted by atomic mass is 35.5. The lowest BCUT2D eigenvalue weighted by molar-refractivity contribution is 0.0983. The minimum absolute atomic E-state index is 0.230. The van der Waals surface area contributed by atoms with E-state index in [1.807, 2.05) is 18.2 Å². The highest BCUT2D eigenvalue weighted by Crippen LogP contribution is 2.34. The molecule has 132 valence electrons. The second-order valence-electron chi connectivity index (χ2n) is 5.74. The van der Waals surface area contributed by atoms with Crippen molar-refractivity contribution < 1.29 is 9.21 Å². The molecule has 5 nitrogen and oxygen atoms in total. The first-order valence-corrected chi connectivity index (χ1v) is 9.24. The van der Waals surface area contributed by atoms with Gasteiger partial charge in [-0.3, -0.25) is 9.69 Å². The number of rotatable bonds is 4. The van der Waals surface area contributed by atoms with Gasteiger partial charge in [0.05, 0.1) is 34.2 Å². The number of para-hydroxylation sites is 1. The average molecular weight is 394 g/mol. The van der Waals surface area contributed by atoms with Gasteiger partial charge < -0.3 is 4.42 Å². The van der Waals surface area contributed by atoms with E-state index in [0.29, 0.717) is 32.6 Å². The van der Waals surface area contributed by atoms with Crippen LogP contribution in [0.2, 0.25) is 5.02 Å². The van der Waals surface area contributed by atoms with E-state index in [0.717, 1.165) is 4.70 Å². The number of furan rings is 1. The summed E-state index contributed by atoms with van der Waals surface area (Å²) in [6, 6.07) is 17.7. The molecule has 4 rings (SSSR count). The minimum Gasteiger partial charge on any atom is -0.467 e. The maximum absolute atomic E-state index is 13.2. The predicted molar refractivity (Wildman–Crippen MR) is 105 cm³/mol. The molecular formula is C20H12ClN3O2S. The van der Waals surface area contributed by atoms with Crippen LogP contribution in [0.1, 0.15) is 21.7 Å². The monoisotopic (exact) mass is 393 g/mol. The number of aromatic nitrogens is 1. The zero-order chi connectivity index (χ0) is 18.8. The Morgan fingerprint density at radius 2 is 2.00 bits per heavy atom. The molecule has 1 amide bonds. The summed E-state index contributed by atoms with van der Waals surface area (Å²) in [7, 11) is 0. The van der Waals surface area contributed by atoms with Crippen molar-refractivity contribution in [2.75, 3.05) is 4.90 Å². The Morgan fingerprint density at radius 3 is 2.67 bits per heavy atom. The lowest BCUT2D eigenvalue weighted by Gasteiger charge is -2.18. The van der Waals surface area contributed by atoms with Crippen molar-refractivity contribution in [3.05, 3.63) is 82.8 Å². The van der Waals surface area contributed by atoms with Gasteiger partial charge in [-0.05, 0) is 48.5 Å². The van der Waals surface area contributed by atoms with Gasteiger partial charge in [-0.2, -0.15) is 5.26 Å². The molecule has 2 aromatic carbocycles. The molecule has 27 heavy (non-hydrogen) atoms. The van der Waals surface area contributed by atoms with Crippen molar-refractivity contribution in [1.29, 1.82) is 5.26 Å². The van der Waals surface area contributed by atoms with Gasteiger partial charge in [0, 0.05) is 5.56 Å². The Bertz CT molecular complexity index is 1140. The summed E-state index contributed by atoms with van der Waals surface area (Å²) in [6.07, 6.45) is 1.56. The predicted octanol–water partition coefficient (Wildman–Crippen LogP) is 5.26. The Morgan fingerprint density at radius 1 is 1.19 bits per heavy atom. The van der Waals surface area contributed by atoms with Crippen LogP contribution >= 0.6 is 22.9 Å². The van der Waals surface area contributed by atoms with E-state index in [4.69, 9.17) is 21.3 Å². The molecule has 0 unspecified atom stereocenters. The number of carbonyl (C=O) groups is 1. The first-order valence-electron chi connectivity index (χ1n) is 8.05. The highest BCUT2D eigenvalue weighted by molar-refractivity contribution is 7.22. The van der Waals surface area contributed by atoms with Crippen molar-refractivity contribution in [3.8, 4) is 6.07 Å². The number of benzene rings is 2. The molecular weight excluding hydrogens is 382 g/mol. The Labute approximate surface area is 164 Å². The third kappa shape index (κ3) is 3.43. The van der Waals surface area contributed by atoms with Crippen LogP contribution in [-0.4, -0.2) is 10.9 Å². The second kappa shape index (κ2) is 7.23. The molecule has 7 heteroatoms. The maximum Gasteiger partial charge on any atom is 0.260 e. The fourth-order valence-electron chi connectivity index (χ4n) is 2.65. The lowest BCUT2D eigenvalue weighted by Crippen LogP contribution is -2.30. The van der Waals surface area contributed by atoms with Crippen molar-refractivity contribution in [1.82, 2.24) is 4.98 Å².